The van der Waals surface area contributed by atoms with Crippen molar-refractivity contribution < 1.29 is 18.7 Å². The van der Waals surface area contributed by atoms with E-state index in [4.69, 9.17) is 9.26 Å². The van der Waals surface area contributed by atoms with Crippen LogP contribution in [0.1, 0.15) is 13.3 Å². The standard InChI is InChI=1S/C19H19N3O4S/c1-3-16(17(23)20-13-9-11-15(25-2)12-10-13)27-18-19(24)26-21-22(18)14-7-5-4-6-8-14/h4-12,16H,3H2,1-2H3,(H-,20,21,23,24)/p+1. The van der Waals surface area contributed by atoms with E-state index >= 15 is 0 Å². The Morgan fingerprint density at radius 3 is 2.56 bits per heavy atom. The topological polar surface area (TPSA) is 88.2 Å². The fourth-order valence-electron chi connectivity index (χ4n) is 2.47. The summed E-state index contributed by atoms with van der Waals surface area (Å²) in [6.45, 7) is 1.90. The number of carbonyl (C=O) groups is 1. The summed E-state index contributed by atoms with van der Waals surface area (Å²) < 4.78 is 11.6. The van der Waals surface area contributed by atoms with Gasteiger partial charge in [0.15, 0.2) is 0 Å². The second-order valence-corrected chi connectivity index (χ2v) is 6.88. The molecule has 1 atom stereocenters. The van der Waals surface area contributed by atoms with Crippen LogP contribution >= 0.6 is 11.8 Å². The van der Waals surface area contributed by atoms with Gasteiger partial charge in [0.25, 0.3) is 0 Å². The number of ether oxygens (including phenoxy) is 1. The molecule has 0 bridgehead atoms. The number of aromatic amines is 1. The maximum absolute atomic E-state index is 12.7. The number of para-hydroxylation sites is 1. The molecule has 0 aliphatic heterocycles. The van der Waals surface area contributed by atoms with Gasteiger partial charge in [-0.15, -0.1) is 0 Å². The lowest BCUT2D eigenvalue weighted by Gasteiger charge is -2.12. The van der Waals surface area contributed by atoms with Gasteiger partial charge in [-0.25, -0.2) is 4.79 Å². The van der Waals surface area contributed by atoms with Crippen LogP contribution in [0.5, 0.6) is 5.75 Å². The third kappa shape index (κ3) is 4.40. The Morgan fingerprint density at radius 1 is 1.22 bits per heavy atom. The lowest BCUT2D eigenvalue weighted by Crippen LogP contribution is -2.37. The molecule has 7 nitrogen and oxygen atoms in total. The molecule has 27 heavy (non-hydrogen) atoms. The SMILES string of the molecule is CCC(Sc1c(=O)o[nH][n+]1-c1ccccc1)C(=O)Nc1ccc(OC)cc1. The maximum atomic E-state index is 12.7. The van der Waals surface area contributed by atoms with Crippen LogP contribution in [0.3, 0.4) is 0 Å². The highest BCUT2D eigenvalue weighted by Gasteiger charge is 2.30. The molecule has 1 amide bonds. The molecule has 8 heteroatoms. The molecular weight excluding hydrogens is 366 g/mol. The van der Waals surface area contributed by atoms with Gasteiger partial charge in [0.2, 0.25) is 11.6 Å². The quantitative estimate of drug-likeness (QED) is 0.482. The first-order valence-corrected chi connectivity index (χ1v) is 9.31. The highest BCUT2D eigenvalue weighted by Crippen LogP contribution is 2.23. The summed E-state index contributed by atoms with van der Waals surface area (Å²) in [6, 6.07) is 16.4. The number of aromatic nitrogens is 2. The van der Waals surface area contributed by atoms with E-state index in [0.717, 1.165) is 5.69 Å². The van der Waals surface area contributed by atoms with Crippen LogP contribution in [0, 0.1) is 0 Å². The first-order valence-electron chi connectivity index (χ1n) is 8.43. The smallest absolute Gasteiger partial charge is 0.442 e. The molecule has 1 unspecified atom stereocenters. The summed E-state index contributed by atoms with van der Waals surface area (Å²) in [7, 11) is 1.59. The van der Waals surface area contributed by atoms with Crippen LogP contribution in [-0.2, 0) is 4.79 Å². The van der Waals surface area contributed by atoms with Crippen molar-refractivity contribution in [2.45, 2.75) is 23.6 Å². The van der Waals surface area contributed by atoms with E-state index < -0.39 is 10.9 Å². The Labute approximate surface area is 160 Å². The van der Waals surface area contributed by atoms with Crippen LogP contribution in [0.15, 0.2) is 68.9 Å². The van der Waals surface area contributed by atoms with E-state index in [1.807, 2.05) is 37.3 Å². The number of H-pyrrole nitrogens is 1. The number of nitrogens with zero attached hydrogens (tertiary/aromatic N) is 1. The molecule has 0 radical (unpaired) electrons. The summed E-state index contributed by atoms with van der Waals surface area (Å²) in [6.07, 6.45) is 0.548. The monoisotopic (exact) mass is 386 g/mol. The van der Waals surface area contributed by atoms with Crippen LogP contribution in [0.2, 0.25) is 0 Å². The molecule has 0 aliphatic carbocycles. The maximum Gasteiger partial charge on any atom is 0.442 e. The van der Waals surface area contributed by atoms with Crippen LogP contribution < -0.4 is 20.4 Å². The number of carbonyl (C=O) groups excluding carboxylic acids is 1. The Morgan fingerprint density at radius 2 is 1.93 bits per heavy atom. The van der Waals surface area contributed by atoms with Crippen LogP contribution in [-0.4, -0.2) is 23.5 Å². The zero-order valence-electron chi connectivity index (χ0n) is 15.0. The zero-order valence-corrected chi connectivity index (χ0v) is 15.8. The molecule has 2 N–H and O–H groups in total. The van der Waals surface area contributed by atoms with E-state index in [1.165, 1.54) is 16.4 Å². The average Bonchev–Trinajstić information content (AvgIpc) is 3.07. The Bertz CT molecular complexity index is 951. The van der Waals surface area contributed by atoms with E-state index in [1.54, 1.807) is 31.4 Å². The number of thioether (sulfide) groups is 1. The predicted molar refractivity (Wildman–Crippen MR) is 102 cm³/mol. The number of anilines is 1. The summed E-state index contributed by atoms with van der Waals surface area (Å²) >= 11 is 1.17. The second kappa shape index (κ2) is 8.59. The summed E-state index contributed by atoms with van der Waals surface area (Å²) in [5.41, 5.74) is 0.896. The van der Waals surface area contributed by atoms with Crippen molar-refractivity contribution in [3.63, 3.8) is 0 Å². The molecule has 3 rings (SSSR count). The lowest BCUT2D eigenvalue weighted by molar-refractivity contribution is -0.704. The molecule has 140 valence electrons. The molecule has 0 saturated heterocycles. The van der Waals surface area contributed by atoms with E-state index in [-0.39, 0.29) is 5.91 Å². The third-order valence-corrected chi connectivity index (χ3v) is 5.30. The minimum atomic E-state index is -0.514. The van der Waals surface area contributed by atoms with Gasteiger partial charge in [0, 0.05) is 17.8 Å². The molecule has 0 fully saturated rings. The fourth-order valence-corrected chi connectivity index (χ4v) is 3.45. The van der Waals surface area contributed by atoms with Gasteiger partial charge in [-0.05, 0) is 52.4 Å². The minimum Gasteiger partial charge on any atom is -0.497 e. The van der Waals surface area contributed by atoms with Crippen LogP contribution in [0.4, 0.5) is 5.69 Å². The Hall–Kier alpha value is -3.00. The largest absolute Gasteiger partial charge is 0.497 e. The molecule has 1 aromatic heterocycles. The zero-order chi connectivity index (χ0) is 19.2. The normalized spacial score (nSPS) is 11.8. The van der Waals surface area contributed by atoms with E-state index in [2.05, 4.69) is 10.6 Å². The van der Waals surface area contributed by atoms with Crippen molar-refractivity contribution >= 4 is 23.4 Å². The fraction of sp³-hybridized carbons (Fsp3) is 0.211. The summed E-state index contributed by atoms with van der Waals surface area (Å²) in [5, 5.41) is 5.31. The Kier molecular flexibility index (Phi) is 5.97. The van der Waals surface area contributed by atoms with Crippen molar-refractivity contribution in [1.29, 1.82) is 0 Å². The van der Waals surface area contributed by atoms with Crippen LogP contribution in [0.25, 0.3) is 5.69 Å². The molecular formula is C19H20N3O4S+. The number of methoxy groups -OCH3 is 1. The van der Waals surface area contributed by atoms with Gasteiger partial charge in [-0.3, -0.25) is 9.32 Å². The first-order chi connectivity index (χ1) is 13.1. The van der Waals surface area contributed by atoms with Crippen molar-refractivity contribution in [3.05, 3.63) is 65.0 Å². The van der Waals surface area contributed by atoms with Gasteiger partial charge in [0.05, 0.1) is 12.4 Å². The van der Waals surface area contributed by atoms with Gasteiger partial charge in [0.1, 0.15) is 5.75 Å². The Balaban J connectivity index is 1.78. The van der Waals surface area contributed by atoms with Crippen molar-refractivity contribution in [3.8, 4) is 11.4 Å². The number of rotatable bonds is 7. The third-order valence-electron chi connectivity index (χ3n) is 3.90. The second-order valence-electron chi connectivity index (χ2n) is 5.69. The van der Waals surface area contributed by atoms with E-state index in [0.29, 0.717) is 22.9 Å². The molecule has 0 saturated carbocycles. The predicted octanol–water partition coefficient (Wildman–Crippen LogP) is 2.76. The van der Waals surface area contributed by atoms with Crippen molar-refractivity contribution in [2.24, 2.45) is 0 Å². The van der Waals surface area contributed by atoms with Crippen molar-refractivity contribution in [1.82, 2.24) is 5.27 Å². The molecule has 0 aliphatic rings. The first kappa shape index (κ1) is 18.8. The van der Waals surface area contributed by atoms with Gasteiger partial charge in [-0.2, -0.15) is 0 Å². The number of nitrogens with one attached hydrogen (secondary N) is 2. The van der Waals surface area contributed by atoms with E-state index in [9.17, 15) is 9.59 Å². The van der Waals surface area contributed by atoms with Gasteiger partial charge < -0.3 is 10.1 Å². The number of hydrogen-bond acceptors (Lipinski definition) is 5. The molecule has 0 spiro atoms. The number of hydrogen-bond donors (Lipinski definition) is 2. The molecule has 1 heterocycles. The average molecular weight is 386 g/mol. The van der Waals surface area contributed by atoms with Crippen molar-refractivity contribution in [2.75, 3.05) is 12.4 Å². The minimum absolute atomic E-state index is 0.187. The highest BCUT2D eigenvalue weighted by molar-refractivity contribution is 8.00. The number of amides is 1. The number of benzene rings is 2. The highest BCUT2D eigenvalue weighted by atomic mass is 32.2. The lowest BCUT2D eigenvalue weighted by atomic mass is 10.2. The van der Waals surface area contributed by atoms with Gasteiger partial charge >= 0.3 is 10.7 Å². The van der Waals surface area contributed by atoms with Gasteiger partial charge in [-0.1, -0.05) is 25.1 Å². The summed E-state index contributed by atoms with van der Waals surface area (Å²) in [5.74, 6) is 0.524. The summed E-state index contributed by atoms with van der Waals surface area (Å²) in [4.78, 5) is 24.8. The molecule has 2 aromatic carbocycles. The molecule has 3 aromatic rings.